The lowest BCUT2D eigenvalue weighted by Gasteiger charge is -2.12. The number of hydrogen-bond acceptors (Lipinski definition) is 5. The Morgan fingerprint density at radius 3 is 2.30 bits per heavy atom. The largest absolute Gasteiger partial charge is 0.454 e. The van der Waals surface area contributed by atoms with Crippen LogP contribution < -0.4 is 0 Å². The number of rotatable bonds is 8. The van der Waals surface area contributed by atoms with Gasteiger partial charge in [0.2, 0.25) is 5.91 Å². The van der Waals surface area contributed by atoms with Crippen molar-refractivity contribution in [2.75, 3.05) is 26.5 Å². The van der Waals surface area contributed by atoms with Gasteiger partial charge in [-0.05, 0) is 24.1 Å². The van der Waals surface area contributed by atoms with Gasteiger partial charge in [0.05, 0.1) is 11.3 Å². The van der Waals surface area contributed by atoms with Crippen LogP contribution in [0.5, 0.6) is 0 Å². The Kier molecular flexibility index (Phi) is 7.61. The number of thioether (sulfide) groups is 1. The van der Waals surface area contributed by atoms with Crippen molar-refractivity contribution in [3.05, 3.63) is 65.2 Å². The smallest absolute Gasteiger partial charge is 0.339 e. The number of aryl methyl sites for hydroxylation is 1. The van der Waals surface area contributed by atoms with E-state index in [0.29, 0.717) is 16.0 Å². The van der Waals surface area contributed by atoms with Gasteiger partial charge in [0.1, 0.15) is 0 Å². The van der Waals surface area contributed by atoms with Crippen molar-refractivity contribution in [2.45, 2.75) is 18.2 Å². The lowest BCUT2D eigenvalue weighted by atomic mass is 10.1. The maximum absolute atomic E-state index is 12.4. The monoisotopic (exact) mass is 385 g/mol. The van der Waals surface area contributed by atoms with E-state index in [0.717, 1.165) is 12.0 Å². The van der Waals surface area contributed by atoms with E-state index in [9.17, 15) is 14.4 Å². The fourth-order valence-corrected chi connectivity index (χ4v) is 3.27. The second-order valence-corrected chi connectivity index (χ2v) is 7.14. The van der Waals surface area contributed by atoms with Crippen LogP contribution in [0, 0.1) is 0 Å². The molecule has 6 heteroatoms. The van der Waals surface area contributed by atoms with E-state index in [1.54, 1.807) is 50.5 Å². The van der Waals surface area contributed by atoms with Crippen molar-refractivity contribution >= 4 is 29.4 Å². The van der Waals surface area contributed by atoms with Crippen LogP contribution in [0.25, 0.3) is 0 Å². The number of benzene rings is 2. The molecule has 142 valence electrons. The Hall–Kier alpha value is -2.60. The highest BCUT2D eigenvalue weighted by Crippen LogP contribution is 2.23. The van der Waals surface area contributed by atoms with Gasteiger partial charge in [-0.15, -0.1) is 11.8 Å². The summed E-state index contributed by atoms with van der Waals surface area (Å²) in [6.07, 6.45) is 0.897. The predicted octanol–water partition coefficient (Wildman–Crippen LogP) is 3.47. The molecular weight excluding hydrogens is 362 g/mol. The molecule has 0 spiro atoms. The van der Waals surface area contributed by atoms with E-state index >= 15 is 0 Å². The summed E-state index contributed by atoms with van der Waals surface area (Å²) in [5.74, 6) is -0.651. The van der Waals surface area contributed by atoms with Crippen molar-refractivity contribution in [3.8, 4) is 0 Å². The summed E-state index contributed by atoms with van der Waals surface area (Å²) in [6.45, 7) is 1.72. The first-order chi connectivity index (χ1) is 12.9. The zero-order chi connectivity index (χ0) is 19.8. The zero-order valence-electron chi connectivity index (χ0n) is 15.7. The van der Waals surface area contributed by atoms with E-state index in [1.807, 2.05) is 19.1 Å². The summed E-state index contributed by atoms with van der Waals surface area (Å²) in [5, 5.41) is 0. The average Bonchev–Trinajstić information content (AvgIpc) is 2.70. The minimum atomic E-state index is -0.575. The number of ketones is 1. The number of carbonyl (C=O) groups excluding carboxylic acids is 3. The first-order valence-electron chi connectivity index (χ1n) is 8.63. The molecule has 0 atom stereocenters. The van der Waals surface area contributed by atoms with Gasteiger partial charge in [0.15, 0.2) is 12.4 Å². The quantitative estimate of drug-likeness (QED) is 0.396. The summed E-state index contributed by atoms with van der Waals surface area (Å²) in [7, 11) is 3.36. The minimum Gasteiger partial charge on any atom is -0.454 e. The van der Waals surface area contributed by atoms with Crippen molar-refractivity contribution in [1.29, 1.82) is 0 Å². The third-order valence-corrected chi connectivity index (χ3v) is 5.03. The second-order valence-electron chi connectivity index (χ2n) is 6.12. The lowest BCUT2D eigenvalue weighted by Crippen LogP contribution is -2.23. The predicted molar refractivity (Wildman–Crippen MR) is 106 cm³/mol. The highest BCUT2D eigenvalue weighted by atomic mass is 32.2. The molecule has 0 heterocycles. The SMILES string of the molecule is CCc1ccc(C(=O)COC(=O)c2ccccc2SCC(=O)N(C)C)cc1. The Morgan fingerprint density at radius 1 is 1.00 bits per heavy atom. The molecule has 0 saturated heterocycles. The maximum atomic E-state index is 12.4. The fourth-order valence-electron chi connectivity index (χ4n) is 2.25. The van der Waals surface area contributed by atoms with Crippen LogP contribution in [0.4, 0.5) is 0 Å². The summed E-state index contributed by atoms with van der Waals surface area (Å²) in [6, 6.07) is 14.2. The van der Waals surface area contributed by atoms with Crippen LogP contribution in [0.15, 0.2) is 53.4 Å². The molecule has 0 aromatic heterocycles. The summed E-state index contributed by atoms with van der Waals surface area (Å²) in [5.41, 5.74) is 2.00. The number of nitrogens with zero attached hydrogens (tertiary/aromatic N) is 1. The highest BCUT2D eigenvalue weighted by molar-refractivity contribution is 8.00. The van der Waals surface area contributed by atoms with Gasteiger partial charge in [0.25, 0.3) is 0 Å². The number of ether oxygens (including phenoxy) is 1. The van der Waals surface area contributed by atoms with Crippen molar-refractivity contribution in [1.82, 2.24) is 4.90 Å². The van der Waals surface area contributed by atoms with E-state index in [2.05, 4.69) is 0 Å². The zero-order valence-corrected chi connectivity index (χ0v) is 16.5. The molecule has 2 rings (SSSR count). The van der Waals surface area contributed by atoms with Crippen LogP contribution in [0.3, 0.4) is 0 Å². The molecule has 0 bridgehead atoms. The molecule has 1 amide bonds. The number of amides is 1. The summed E-state index contributed by atoms with van der Waals surface area (Å²) in [4.78, 5) is 38.5. The van der Waals surface area contributed by atoms with Gasteiger partial charge in [-0.2, -0.15) is 0 Å². The van der Waals surface area contributed by atoms with Gasteiger partial charge < -0.3 is 9.64 Å². The molecule has 0 radical (unpaired) electrons. The number of Topliss-reactive ketones (excluding diaryl/α,β-unsaturated/α-hetero) is 1. The first-order valence-corrected chi connectivity index (χ1v) is 9.62. The van der Waals surface area contributed by atoms with Crippen LogP contribution >= 0.6 is 11.8 Å². The second kappa shape index (κ2) is 9.92. The van der Waals surface area contributed by atoms with Gasteiger partial charge in [-0.3, -0.25) is 9.59 Å². The third kappa shape index (κ3) is 5.96. The van der Waals surface area contributed by atoms with E-state index in [4.69, 9.17) is 4.74 Å². The van der Waals surface area contributed by atoms with Crippen LogP contribution in [-0.4, -0.2) is 49.0 Å². The Morgan fingerprint density at radius 2 is 1.67 bits per heavy atom. The summed E-state index contributed by atoms with van der Waals surface area (Å²) >= 11 is 1.27. The van der Waals surface area contributed by atoms with Crippen LogP contribution in [0.1, 0.15) is 33.2 Å². The molecule has 0 aliphatic carbocycles. The average molecular weight is 385 g/mol. The normalized spacial score (nSPS) is 10.3. The molecule has 5 nitrogen and oxygen atoms in total. The number of carbonyl (C=O) groups is 3. The van der Waals surface area contributed by atoms with Gasteiger partial charge >= 0.3 is 5.97 Å². The van der Waals surface area contributed by atoms with Crippen LogP contribution in [-0.2, 0) is 16.0 Å². The van der Waals surface area contributed by atoms with Crippen molar-refractivity contribution in [3.63, 3.8) is 0 Å². The maximum Gasteiger partial charge on any atom is 0.339 e. The van der Waals surface area contributed by atoms with E-state index in [-0.39, 0.29) is 24.1 Å². The van der Waals surface area contributed by atoms with Gasteiger partial charge in [-0.25, -0.2) is 4.79 Å². The number of esters is 1. The van der Waals surface area contributed by atoms with E-state index in [1.165, 1.54) is 16.7 Å². The standard InChI is InChI=1S/C21H23NO4S/c1-4-15-9-11-16(12-10-15)18(23)13-26-21(25)17-7-5-6-8-19(17)27-14-20(24)22(2)3/h5-12H,4,13-14H2,1-3H3. The lowest BCUT2D eigenvalue weighted by molar-refractivity contribution is -0.125. The molecule has 0 saturated carbocycles. The molecule has 0 fully saturated rings. The van der Waals surface area contributed by atoms with E-state index < -0.39 is 5.97 Å². The van der Waals surface area contributed by atoms with Gasteiger partial charge in [0, 0.05) is 24.6 Å². The van der Waals surface area contributed by atoms with Crippen LogP contribution in [0.2, 0.25) is 0 Å². The Bertz CT molecular complexity index is 815. The molecule has 2 aromatic carbocycles. The van der Waals surface area contributed by atoms with Gasteiger partial charge in [-0.1, -0.05) is 43.3 Å². The summed E-state index contributed by atoms with van der Waals surface area (Å²) < 4.78 is 5.20. The third-order valence-electron chi connectivity index (χ3n) is 3.98. The highest BCUT2D eigenvalue weighted by Gasteiger charge is 2.16. The topological polar surface area (TPSA) is 63.7 Å². The molecule has 0 N–H and O–H groups in total. The fraction of sp³-hybridized carbons (Fsp3) is 0.286. The molecule has 2 aromatic rings. The minimum absolute atomic E-state index is 0.0473. The number of hydrogen-bond donors (Lipinski definition) is 0. The molecule has 0 unspecified atom stereocenters. The Balaban J connectivity index is 1.99. The first kappa shape index (κ1) is 20.7. The molecule has 0 aliphatic rings. The van der Waals surface area contributed by atoms with Crippen molar-refractivity contribution < 1.29 is 19.1 Å². The Labute approximate surface area is 163 Å². The van der Waals surface area contributed by atoms with Crippen molar-refractivity contribution in [2.24, 2.45) is 0 Å². The molecular formula is C21H23NO4S. The molecule has 27 heavy (non-hydrogen) atoms. The molecule has 0 aliphatic heterocycles.